The molecule has 0 bridgehead atoms. The number of carbonyl (C=O) groups is 1. The number of hydrogen-bond acceptors (Lipinski definition) is 4. The summed E-state index contributed by atoms with van der Waals surface area (Å²) in [5.41, 5.74) is 3.87. The van der Waals surface area contributed by atoms with E-state index in [0.717, 1.165) is 53.3 Å². The maximum Gasteiger partial charge on any atom is 0.251 e. The Morgan fingerprint density at radius 2 is 1.76 bits per heavy atom. The van der Waals surface area contributed by atoms with Crippen LogP contribution >= 0.6 is 0 Å². The number of ether oxygens (including phenoxy) is 2. The molecule has 4 rings (SSSR count). The number of imidazole rings is 1. The van der Waals surface area contributed by atoms with Gasteiger partial charge < -0.3 is 19.4 Å². The molecular formula is C28H31N3O3. The number of benzene rings is 3. The topological polar surface area (TPSA) is 65.4 Å². The number of unbranched alkanes of at least 4 members (excludes halogenated alkanes) is 1. The van der Waals surface area contributed by atoms with Crippen molar-refractivity contribution in [1.29, 1.82) is 0 Å². The highest BCUT2D eigenvalue weighted by molar-refractivity contribution is 5.94. The van der Waals surface area contributed by atoms with E-state index in [-0.39, 0.29) is 5.91 Å². The van der Waals surface area contributed by atoms with E-state index >= 15 is 0 Å². The van der Waals surface area contributed by atoms with Crippen LogP contribution < -0.4 is 14.8 Å². The van der Waals surface area contributed by atoms with Crippen molar-refractivity contribution >= 4 is 16.9 Å². The van der Waals surface area contributed by atoms with E-state index in [2.05, 4.69) is 16.0 Å². The number of methoxy groups -OCH3 is 1. The maximum atomic E-state index is 12.5. The van der Waals surface area contributed by atoms with Gasteiger partial charge in [-0.15, -0.1) is 0 Å². The predicted octanol–water partition coefficient (Wildman–Crippen LogP) is 5.19. The van der Waals surface area contributed by atoms with E-state index in [0.29, 0.717) is 25.1 Å². The van der Waals surface area contributed by atoms with Crippen LogP contribution in [-0.2, 0) is 13.0 Å². The molecule has 0 saturated carbocycles. The van der Waals surface area contributed by atoms with E-state index in [1.165, 1.54) is 0 Å². The summed E-state index contributed by atoms with van der Waals surface area (Å²) >= 11 is 0. The molecule has 1 N–H and O–H groups in total. The second-order valence-corrected chi connectivity index (χ2v) is 8.27. The normalized spacial score (nSPS) is 10.9. The van der Waals surface area contributed by atoms with Gasteiger partial charge in [-0.1, -0.05) is 29.8 Å². The third kappa shape index (κ3) is 5.95. The van der Waals surface area contributed by atoms with Gasteiger partial charge in [-0.25, -0.2) is 4.98 Å². The van der Waals surface area contributed by atoms with Crippen LogP contribution in [0.1, 0.15) is 34.6 Å². The zero-order chi connectivity index (χ0) is 23.8. The van der Waals surface area contributed by atoms with Crippen LogP contribution in [0.2, 0.25) is 0 Å². The molecule has 0 atom stereocenters. The highest BCUT2D eigenvalue weighted by Crippen LogP contribution is 2.19. The van der Waals surface area contributed by atoms with Crippen molar-refractivity contribution in [3.63, 3.8) is 0 Å². The van der Waals surface area contributed by atoms with Crippen LogP contribution in [0.15, 0.2) is 72.8 Å². The van der Waals surface area contributed by atoms with Crippen molar-refractivity contribution in [3.8, 4) is 11.5 Å². The average Bonchev–Trinajstić information content (AvgIpc) is 3.21. The summed E-state index contributed by atoms with van der Waals surface area (Å²) in [6.45, 7) is 4.03. The number of para-hydroxylation sites is 2. The van der Waals surface area contributed by atoms with Crippen molar-refractivity contribution in [1.82, 2.24) is 14.9 Å². The first-order valence-corrected chi connectivity index (χ1v) is 11.7. The van der Waals surface area contributed by atoms with Crippen molar-refractivity contribution in [2.45, 2.75) is 32.7 Å². The van der Waals surface area contributed by atoms with E-state index in [1.807, 2.05) is 73.7 Å². The molecule has 0 aliphatic heterocycles. The largest absolute Gasteiger partial charge is 0.497 e. The first-order valence-electron chi connectivity index (χ1n) is 11.7. The molecule has 1 amide bonds. The predicted molar refractivity (Wildman–Crippen MR) is 135 cm³/mol. The molecule has 0 aliphatic rings. The van der Waals surface area contributed by atoms with Crippen molar-refractivity contribution < 1.29 is 14.3 Å². The SMILES string of the molecule is COc1ccc(OCCCCn2c(CCNC(=O)c3cccc(C)c3)nc3ccccc32)cc1. The first-order chi connectivity index (χ1) is 16.6. The minimum absolute atomic E-state index is 0.0537. The molecule has 1 aromatic heterocycles. The zero-order valence-electron chi connectivity index (χ0n) is 19.8. The van der Waals surface area contributed by atoms with Crippen LogP contribution in [0.25, 0.3) is 11.0 Å². The molecule has 4 aromatic rings. The van der Waals surface area contributed by atoms with Crippen molar-refractivity contribution in [2.24, 2.45) is 0 Å². The Hall–Kier alpha value is -3.80. The van der Waals surface area contributed by atoms with Gasteiger partial charge in [0.2, 0.25) is 0 Å². The van der Waals surface area contributed by atoms with Crippen LogP contribution in [0.5, 0.6) is 11.5 Å². The van der Waals surface area contributed by atoms with Gasteiger partial charge in [0, 0.05) is 25.1 Å². The smallest absolute Gasteiger partial charge is 0.251 e. The zero-order valence-corrected chi connectivity index (χ0v) is 19.8. The molecule has 1 heterocycles. The average molecular weight is 458 g/mol. The number of nitrogens with one attached hydrogen (secondary N) is 1. The second-order valence-electron chi connectivity index (χ2n) is 8.27. The fraction of sp³-hybridized carbons (Fsp3) is 0.286. The van der Waals surface area contributed by atoms with Gasteiger partial charge in [0.1, 0.15) is 17.3 Å². The Kier molecular flexibility index (Phi) is 7.81. The summed E-state index contributed by atoms with van der Waals surface area (Å²) < 4.78 is 13.3. The standard InChI is InChI=1S/C28H31N3O3/c1-21-8-7-9-22(20-21)28(32)29-17-16-27-30-25-10-3-4-11-26(25)31(27)18-5-6-19-34-24-14-12-23(33-2)13-15-24/h3-4,7-15,20H,5-6,16-19H2,1-2H3,(H,29,32). The highest BCUT2D eigenvalue weighted by atomic mass is 16.5. The molecule has 0 saturated heterocycles. The third-order valence-corrected chi connectivity index (χ3v) is 5.75. The molecule has 0 aliphatic carbocycles. The van der Waals surface area contributed by atoms with Crippen LogP contribution in [0, 0.1) is 6.92 Å². The maximum absolute atomic E-state index is 12.5. The van der Waals surface area contributed by atoms with Gasteiger partial charge >= 0.3 is 0 Å². The van der Waals surface area contributed by atoms with Gasteiger partial charge in [-0.05, 0) is 68.3 Å². The summed E-state index contributed by atoms with van der Waals surface area (Å²) in [7, 11) is 1.65. The van der Waals surface area contributed by atoms with E-state index in [4.69, 9.17) is 14.5 Å². The summed E-state index contributed by atoms with van der Waals surface area (Å²) in [5.74, 6) is 2.60. The minimum Gasteiger partial charge on any atom is -0.497 e. The Bertz CT molecular complexity index is 1230. The number of aryl methyl sites for hydroxylation is 2. The Morgan fingerprint density at radius 1 is 0.971 bits per heavy atom. The van der Waals surface area contributed by atoms with E-state index < -0.39 is 0 Å². The van der Waals surface area contributed by atoms with Gasteiger partial charge in [-0.2, -0.15) is 0 Å². The highest BCUT2D eigenvalue weighted by Gasteiger charge is 2.11. The van der Waals surface area contributed by atoms with Crippen molar-refractivity contribution in [3.05, 3.63) is 89.7 Å². The molecule has 176 valence electrons. The number of carbonyl (C=O) groups excluding carboxylic acids is 1. The van der Waals surface area contributed by atoms with Gasteiger partial charge in [0.25, 0.3) is 5.91 Å². The summed E-state index contributed by atoms with van der Waals surface area (Å²) in [4.78, 5) is 17.3. The summed E-state index contributed by atoms with van der Waals surface area (Å²) in [6.07, 6.45) is 2.58. The van der Waals surface area contributed by atoms with Gasteiger partial charge in [0.05, 0.1) is 24.8 Å². The fourth-order valence-electron chi connectivity index (χ4n) is 3.98. The van der Waals surface area contributed by atoms with Crippen LogP contribution in [0.4, 0.5) is 0 Å². The summed E-state index contributed by atoms with van der Waals surface area (Å²) in [6, 6.07) is 23.5. The van der Waals surface area contributed by atoms with Crippen molar-refractivity contribution in [2.75, 3.05) is 20.3 Å². The van der Waals surface area contributed by atoms with Gasteiger partial charge in [-0.3, -0.25) is 4.79 Å². The van der Waals surface area contributed by atoms with Crippen LogP contribution in [-0.4, -0.2) is 35.7 Å². The Labute approximate surface area is 200 Å². The molecule has 0 spiro atoms. The van der Waals surface area contributed by atoms with E-state index in [9.17, 15) is 4.79 Å². The minimum atomic E-state index is -0.0537. The number of hydrogen-bond donors (Lipinski definition) is 1. The third-order valence-electron chi connectivity index (χ3n) is 5.75. The number of fused-ring (bicyclic) bond motifs is 1. The number of amides is 1. The van der Waals surface area contributed by atoms with Crippen LogP contribution in [0.3, 0.4) is 0 Å². The molecule has 34 heavy (non-hydrogen) atoms. The molecule has 6 heteroatoms. The monoisotopic (exact) mass is 457 g/mol. The second kappa shape index (κ2) is 11.4. The lowest BCUT2D eigenvalue weighted by atomic mass is 10.1. The Morgan fingerprint density at radius 3 is 2.56 bits per heavy atom. The van der Waals surface area contributed by atoms with E-state index in [1.54, 1.807) is 7.11 Å². The molecule has 3 aromatic carbocycles. The molecular weight excluding hydrogens is 426 g/mol. The number of aromatic nitrogens is 2. The lowest BCUT2D eigenvalue weighted by molar-refractivity contribution is 0.0954. The number of nitrogens with zero attached hydrogens (tertiary/aromatic N) is 2. The first kappa shape index (κ1) is 23.4. The Balaban J connectivity index is 1.32. The lowest BCUT2D eigenvalue weighted by Gasteiger charge is -2.11. The lowest BCUT2D eigenvalue weighted by Crippen LogP contribution is -2.26. The van der Waals surface area contributed by atoms with Gasteiger partial charge in [0.15, 0.2) is 0 Å². The molecule has 6 nitrogen and oxygen atoms in total. The molecule has 0 radical (unpaired) electrons. The quantitative estimate of drug-likeness (QED) is 0.315. The fourth-order valence-corrected chi connectivity index (χ4v) is 3.98. The number of rotatable bonds is 11. The molecule has 0 unspecified atom stereocenters. The summed E-state index contributed by atoms with van der Waals surface area (Å²) in [5, 5.41) is 3.03. The molecule has 0 fully saturated rings.